The standard InChI is InChI=1S/C33H34ClN9O4/c1-17-24(41(3)33-35-16-23(34)30(38-33)36-19-5-9-25-18(13-19)14-28(45)40(25)2)11-12-43(32(17)47)20-6-7-21-26(15-20)42(4)39-29(21)22-8-10-27(44)37-31(22)46/h5-7,9,13,15-17,22,24H,8,10-12,14H2,1-4H3,(H,35,36,38)(H,37,44,46)/t17-,22?,24+/m1/s1. The molecule has 0 aliphatic carbocycles. The number of imide groups is 1. The molecule has 0 spiro atoms. The maximum absolute atomic E-state index is 13.8. The van der Waals surface area contributed by atoms with Crippen molar-refractivity contribution in [2.45, 2.75) is 44.6 Å². The molecule has 7 rings (SSSR count). The molecule has 2 saturated heterocycles. The van der Waals surface area contributed by atoms with Crippen molar-refractivity contribution in [1.29, 1.82) is 0 Å². The molecule has 3 aliphatic rings. The lowest BCUT2D eigenvalue weighted by atomic mass is 9.91. The molecule has 4 aromatic rings. The molecule has 242 valence electrons. The van der Waals surface area contributed by atoms with E-state index in [1.54, 1.807) is 27.7 Å². The smallest absolute Gasteiger partial charge is 0.235 e. The number of benzene rings is 2. The number of halogens is 1. The Bertz CT molecular complexity index is 1980. The minimum Gasteiger partial charge on any atom is -0.340 e. The van der Waals surface area contributed by atoms with E-state index in [0.717, 1.165) is 33.5 Å². The van der Waals surface area contributed by atoms with Crippen LogP contribution in [0.15, 0.2) is 42.6 Å². The van der Waals surface area contributed by atoms with Gasteiger partial charge in [0.15, 0.2) is 5.82 Å². The van der Waals surface area contributed by atoms with E-state index in [1.807, 2.05) is 62.3 Å². The molecule has 1 unspecified atom stereocenters. The molecule has 0 saturated carbocycles. The Labute approximate surface area is 275 Å². The highest BCUT2D eigenvalue weighted by atomic mass is 35.5. The summed E-state index contributed by atoms with van der Waals surface area (Å²) in [5.74, 6) is -0.571. The van der Waals surface area contributed by atoms with Crippen LogP contribution in [0, 0.1) is 5.92 Å². The number of nitrogens with one attached hydrogen (secondary N) is 2. The fourth-order valence-electron chi connectivity index (χ4n) is 6.92. The van der Waals surface area contributed by atoms with Gasteiger partial charge in [-0.15, -0.1) is 0 Å². The largest absolute Gasteiger partial charge is 0.340 e. The van der Waals surface area contributed by atoms with Crippen LogP contribution in [0.3, 0.4) is 0 Å². The van der Waals surface area contributed by atoms with Crippen LogP contribution in [0.25, 0.3) is 10.9 Å². The molecule has 2 aromatic carbocycles. The predicted octanol–water partition coefficient (Wildman–Crippen LogP) is 3.68. The van der Waals surface area contributed by atoms with Crippen molar-refractivity contribution in [2.24, 2.45) is 13.0 Å². The Balaban J connectivity index is 1.07. The van der Waals surface area contributed by atoms with Gasteiger partial charge in [-0.3, -0.25) is 29.2 Å². The number of anilines is 5. The lowest BCUT2D eigenvalue weighted by Gasteiger charge is -2.40. The monoisotopic (exact) mass is 655 g/mol. The summed E-state index contributed by atoms with van der Waals surface area (Å²) >= 11 is 6.48. The van der Waals surface area contributed by atoms with Crippen molar-refractivity contribution in [3.05, 3.63) is 58.9 Å². The number of carbonyl (C=O) groups excluding carboxylic acids is 4. The van der Waals surface area contributed by atoms with Gasteiger partial charge in [0.25, 0.3) is 0 Å². The van der Waals surface area contributed by atoms with Crippen molar-refractivity contribution in [1.82, 2.24) is 25.1 Å². The fraction of sp³-hybridized carbons (Fsp3) is 0.364. The third-order valence-corrected chi connectivity index (χ3v) is 9.87. The van der Waals surface area contributed by atoms with Gasteiger partial charge < -0.3 is 20.0 Å². The van der Waals surface area contributed by atoms with Crippen LogP contribution in [-0.4, -0.2) is 70.1 Å². The quantitative estimate of drug-likeness (QED) is 0.297. The number of hydrogen-bond acceptors (Lipinski definition) is 9. The summed E-state index contributed by atoms with van der Waals surface area (Å²) < 4.78 is 1.72. The van der Waals surface area contributed by atoms with Gasteiger partial charge in [0.05, 0.1) is 35.7 Å². The molecular weight excluding hydrogens is 622 g/mol. The molecule has 47 heavy (non-hydrogen) atoms. The van der Waals surface area contributed by atoms with Crippen LogP contribution in [0.5, 0.6) is 0 Å². The lowest BCUT2D eigenvalue weighted by Crippen LogP contribution is -2.53. The van der Waals surface area contributed by atoms with Crippen molar-refractivity contribution >= 4 is 75.0 Å². The fourth-order valence-corrected chi connectivity index (χ4v) is 7.06. The van der Waals surface area contributed by atoms with Crippen molar-refractivity contribution in [2.75, 3.05) is 40.7 Å². The lowest BCUT2D eigenvalue weighted by molar-refractivity contribution is -0.134. The van der Waals surface area contributed by atoms with Gasteiger partial charge in [-0.25, -0.2) is 4.98 Å². The second-order valence-corrected chi connectivity index (χ2v) is 12.8. The maximum Gasteiger partial charge on any atom is 0.235 e. The first-order chi connectivity index (χ1) is 22.5. The number of piperidine rings is 2. The van der Waals surface area contributed by atoms with Crippen LogP contribution < -0.4 is 25.3 Å². The summed E-state index contributed by atoms with van der Waals surface area (Å²) in [5, 5.41) is 11.5. The SMILES string of the molecule is C[C@H]1C(=O)N(c2ccc3c(C4CCC(=O)NC4=O)nn(C)c3c2)CC[C@@H]1N(C)c1ncc(Cl)c(Nc2ccc3c(c2)CC(=O)N3C)n1. The Morgan fingerprint density at radius 1 is 1.06 bits per heavy atom. The van der Waals surface area contributed by atoms with E-state index >= 15 is 0 Å². The average Bonchev–Trinajstić information content (AvgIpc) is 3.52. The molecule has 2 aromatic heterocycles. The predicted molar refractivity (Wildman–Crippen MR) is 178 cm³/mol. The Morgan fingerprint density at radius 2 is 1.87 bits per heavy atom. The number of likely N-dealkylation sites (N-methyl/N-ethyl adjacent to an activating group) is 1. The third-order valence-electron chi connectivity index (χ3n) is 9.59. The first-order valence-corrected chi connectivity index (χ1v) is 15.9. The van der Waals surface area contributed by atoms with Crippen molar-refractivity contribution in [3.8, 4) is 0 Å². The normalized spacial score (nSPS) is 21.3. The number of aryl methyl sites for hydroxylation is 1. The van der Waals surface area contributed by atoms with Crippen LogP contribution >= 0.6 is 11.6 Å². The highest BCUT2D eigenvalue weighted by Gasteiger charge is 2.38. The summed E-state index contributed by atoms with van der Waals surface area (Å²) in [6.07, 6.45) is 3.25. The summed E-state index contributed by atoms with van der Waals surface area (Å²) in [7, 11) is 5.46. The van der Waals surface area contributed by atoms with Gasteiger partial charge in [0, 0.05) is 62.6 Å². The Kier molecular flexibility index (Phi) is 7.58. The van der Waals surface area contributed by atoms with Crippen LogP contribution in [0.2, 0.25) is 5.02 Å². The summed E-state index contributed by atoms with van der Waals surface area (Å²) in [6, 6.07) is 11.3. The maximum atomic E-state index is 13.8. The van der Waals surface area contributed by atoms with E-state index in [9.17, 15) is 19.2 Å². The molecule has 14 heteroatoms. The number of rotatable bonds is 6. The first kappa shape index (κ1) is 30.6. The number of fused-ring (bicyclic) bond motifs is 2. The molecular formula is C33H34ClN9O4. The Hall–Kier alpha value is -5.04. The molecule has 0 radical (unpaired) electrons. The molecule has 4 amide bonds. The average molecular weight is 656 g/mol. The molecule has 3 aliphatic heterocycles. The molecule has 13 nitrogen and oxygen atoms in total. The van der Waals surface area contributed by atoms with E-state index in [-0.39, 0.29) is 42.0 Å². The van der Waals surface area contributed by atoms with E-state index < -0.39 is 5.92 Å². The summed E-state index contributed by atoms with van der Waals surface area (Å²) in [4.78, 5) is 64.7. The zero-order valence-corrected chi connectivity index (χ0v) is 27.2. The highest BCUT2D eigenvalue weighted by molar-refractivity contribution is 6.33. The molecule has 5 heterocycles. The van der Waals surface area contributed by atoms with Gasteiger partial charge in [-0.05, 0) is 54.8 Å². The molecule has 2 fully saturated rings. The zero-order valence-electron chi connectivity index (χ0n) is 26.5. The van der Waals surface area contributed by atoms with Gasteiger partial charge in [-0.1, -0.05) is 18.5 Å². The summed E-state index contributed by atoms with van der Waals surface area (Å²) in [5.41, 5.74) is 4.77. The van der Waals surface area contributed by atoms with Crippen molar-refractivity contribution in [3.63, 3.8) is 0 Å². The number of hydrogen-bond donors (Lipinski definition) is 2. The van der Waals surface area contributed by atoms with E-state index in [0.29, 0.717) is 48.3 Å². The first-order valence-electron chi connectivity index (χ1n) is 15.5. The number of aromatic nitrogens is 4. The van der Waals surface area contributed by atoms with E-state index in [1.165, 1.54) is 0 Å². The van der Waals surface area contributed by atoms with Gasteiger partial charge in [0.1, 0.15) is 5.02 Å². The minimum absolute atomic E-state index is 0.0232. The van der Waals surface area contributed by atoms with Gasteiger partial charge in [0.2, 0.25) is 29.6 Å². The third kappa shape index (κ3) is 5.33. The minimum atomic E-state index is -0.498. The second kappa shape index (κ2) is 11.6. The van der Waals surface area contributed by atoms with Crippen LogP contribution in [0.4, 0.5) is 28.8 Å². The van der Waals surface area contributed by atoms with E-state index in [4.69, 9.17) is 16.6 Å². The number of amides is 4. The highest BCUT2D eigenvalue weighted by Crippen LogP contribution is 2.36. The number of nitrogens with zero attached hydrogens (tertiary/aromatic N) is 7. The van der Waals surface area contributed by atoms with E-state index in [2.05, 4.69) is 20.7 Å². The summed E-state index contributed by atoms with van der Waals surface area (Å²) in [6.45, 7) is 2.40. The van der Waals surface area contributed by atoms with Gasteiger partial charge in [-0.2, -0.15) is 10.1 Å². The van der Waals surface area contributed by atoms with Crippen LogP contribution in [-0.2, 0) is 32.6 Å². The number of carbonyl (C=O) groups is 4. The molecule has 3 atom stereocenters. The topological polar surface area (TPSA) is 146 Å². The van der Waals surface area contributed by atoms with Crippen molar-refractivity contribution < 1.29 is 19.2 Å². The Morgan fingerprint density at radius 3 is 2.66 bits per heavy atom. The molecule has 0 bridgehead atoms. The molecule has 2 N–H and O–H groups in total. The van der Waals surface area contributed by atoms with Gasteiger partial charge >= 0.3 is 0 Å². The second-order valence-electron chi connectivity index (χ2n) is 12.4. The van der Waals surface area contributed by atoms with Crippen LogP contribution in [0.1, 0.15) is 43.4 Å². The zero-order chi connectivity index (χ0) is 33.1.